The second-order valence-electron chi connectivity index (χ2n) is 7.01. The first-order valence-corrected chi connectivity index (χ1v) is 9.39. The zero-order valence-corrected chi connectivity index (χ0v) is 15.8. The number of carbonyl (C=O) groups is 2. The van der Waals surface area contributed by atoms with Crippen LogP contribution in [0.25, 0.3) is 0 Å². The Hall–Kier alpha value is -2.69. The molecule has 0 bridgehead atoms. The van der Waals surface area contributed by atoms with E-state index < -0.39 is 0 Å². The van der Waals surface area contributed by atoms with E-state index in [2.05, 4.69) is 0 Å². The molecule has 2 amide bonds. The van der Waals surface area contributed by atoms with Crippen LogP contribution >= 0.6 is 0 Å². The minimum atomic E-state index is -0.285. The number of nitrogens with zero attached hydrogens (tertiary/aromatic N) is 2. The fourth-order valence-corrected chi connectivity index (χ4v) is 3.66. The molecule has 0 spiro atoms. The van der Waals surface area contributed by atoms with Crippen LogP contribution in [0, 0.1) is 5.82 Å². The Morgan fingerprint density at radius 1 is 1.22 bits per heavy atom. The second kappa shape index (κ2) is 8.33. The summed E-state index contributed by atoms with van der Waals surface area (Å²) < 4.78 is 13.2. The van der Waals surface area contributed by atoms with E-state index in [1.165, 1.54) is 12.1 Å². The molecule has 4 nitrogen and oxygen atoms in total. The molecule has 2 aromatic rings. The lowest BCUT2D eigenvalue weighted by Gasteiger charge is -2.28. The van der Waals surface area contributed by atoms with Crippen molar-refractivity contribution in [3.05, 3.63) is 71.0 Å². The molecule has 2 aromatic carbocycles. The topological polar surface area (TPSA) is 40.6 Å². The Balaban J connectivity index is 1.76. The van der Waals surface area contributed by atoms with Gasteiger partial charge in [-0.15, -0.1) is 0 Å². The van der Waals surface area contributed by atoms with Gasteiger partial charge in [0.05, 0.1) is 6.04 Å². The molecule has 0 N–H and O–H groups in total. The summed E-state index contributed by atoms with van der Waals surface area (Å²) in [6.45, 7) is 3.32. The van der Waals surface area contributed by atoms with Crippen LogP contribution in [0.4, 0.5) is 4.39 Å². The summed E-state index contributed by atoms with van der Waals surface area (Å²) in [5.74, 6) is -0.196. The van der Waals surface area contributed by atoms with E-state index in [-0.39, 0.29) is 23.7 Å². The van der Waals surface area contributed by atoms with Crippen molar-refractivity contribution in [3.8, 4) is 0 Å². The molecule has 1 saturated heterocycles. The zero-order chi connectivity index (χ0) is 19.4. The number of rotatable bonds is 6. The molecule has 5 heteroatoms. The fraction of sp³-hybridized carbons (Fsp3) is 0.364. The van der Waals surface area contributed by atoms with Gasteiger partial charge < -0.3 is 9.80 Å². The Bertz CT molecular complexity index is 819. The van der Waals surface area contributed by atoms with Gasteiger partial charge in [-0.3, -0.25) is 9.59 Å². The largest absolute Gasteiger partial charge is 0.338 e. The van der Waals surface area contributed by atoms with E-state index in [1.54, 1.807) is 30.1 Å². The molecule has 27 heavy (non-hydrogen) atoms. The van der Waals surface area contributed by atoms with E-state index in [4.69, 9.17) is 0 Å². The molecule has 3 rings (SSSR count). The Kier molecular flexibility index (Phi) is 5.89. The highest BCUT2D eigenvalue weighted by Crippen LogP contribution is 2.25. The molecule has 1 aliphatic rings. The van der Waals surface area contributed by atoms with Gasteiger partial charge in [-0.05, 0) is 48.2 Å². The minimum absolute atomic E-state index is 0.0826. The van der Waals surface area contributed by atoms with Crippen LogP contribution in [0.15, 0.2) is 48.5 Å². The van der Waals surface area contributed by atoms with Gasteiger partial charge >= 0.3 is 0 Å². The summed E-state index contributed by atoms with van der Waals surface area (Å²) >= 11 is 0. The standard InChI is InChI=1S/C22H25FN2O2/c1-3-20(17-9-11-19(23)12-10-17)24(2)22(27)18-7-4-6-16(14-18)15-25-13-5-8-21(25)26/h4,6-7,9-12,14,20H,3,5,8,13,15H2,1-2H3/t20-/m0/s1. The predicted octanol–water partition coefficient (Wildman–Crippen LogP) is 4.17. The van der Waals surface area contributed by atoms with Crippen LogP contribution in [0.3, 0.4) is 0 Å². The lowest BCUT2D eigenvalue weighted by molar-refractivity contribution is -0.128. The van der Waals surface area contributed by atoms with Gasteiger partial charge in [0.1, 0.15) is 5.82 Å². The van der Waals surface area contributed by atoms with Crippen molar-refractivity contribution in [2.45, 2.75) is 38.8 Å². The van der Waals surface area contributed by atoms with E-state index in [1.807, 2.05) is 30.0 Å². The molecule has 0 radical (unpaired) electrons. The van der Waals surface area contributed by atoms with Crippen molar-refractivity contribution < 1.29 is 14.0 Å². The third-order valence-electron chi connectivity index (χ3n) is 5.15. The first kappa shape index (κ1) is 19.1. The lowest BCUT2D eigenvalue weighted by Crippen LogP contribution is -2.31. The molecule has 142 valence electrons. The number of likely N-dealkylation sites (tertiary alicyclic amines) is 1. The summed E-state index contributed by atoms with van der Waals surface area (Å²) in [5.41, 5.74) is 2.47. The number of carbonyl (C=O) groups excluding carboxylic acids is 2. The summed E-state index contributed by atoms with van der Waals surface area (Å²) in [6.07, 6.45) is 2.24. The summed E-state index contributed by atoms with van der Waals surface area (Å²) in [5, 5.41) is 0. The van der Waals surface area contributed by atoms with E-state index >= 15 is 0 Å². The van der Waals surface area contributed by atoms with E-state index in [9.17, 15) is 14.0 Å². The Morgan fingerprint density at radius 3 is 2.59 bits per heavy atom. The maximum absolute atomic E-state index is 13.2. The third kappa shape index (κ3) is 4.35. The monoisotopic (exact) mass is 368 g/mol. The molecule has 0 saturated carbocycles. The molecule has 1 fully saturated rings. The summed E-state index contributed by atoms with van der Waals surface area (Å²) in [4.78, 5) is 28.4. The third-order valence-corrected chi connectivity index (χ3v) is 5.15. The number of hydrogen-bond donors (Lipinski definition) is 0. The van der Waals surface area contributed by atoms with Gasteiger partial charge in [-0.2, -0.15) is 0 Å². The molecule has 0 aromatic heterocycles. The van der Waals surface area contributed by atoms with Crippen LogP contribution < -0.4 is 0 Å². The van der Waals surface area contributed by atoms with Crippen LogP contribution in [0.1, 0.15) is 53.7 Å². The number of benzene rings is 2. The van der Waals surface area contributed by atoms with Gasteiger partial charge in [0.15, 0.2) is 0 Å². The fourth-order valence-electron chi connectivity index (χ4n) is 3.66. The van der Waals surface area contributed by atoms with Crippen LogP contribution in [0.2, 0.25) is 0 Å². The number of hydrogen-bond acceptors (Lipinski definition) is 2. The lowest BCUT2D eigenvalue weighted by atomic mass is 10.0. The molecule has 1 atom stereocenters. The minimum Gasteiger partial charge on any atom is -0.338 e. The van der Waals surface area contributed by atoms with Gasteiger partial charge in [-0.25, -0.2) is 4.39 Å². The normalized spacial score (nSPS) is 15.1. The highest BCUT2D eigenvalue weighted by atomic mass is 19.1. The molecule has 1 heterocycles. The highest BCUT2D eigenvalue weighted by molar-refractivity contribution is 5.94. The SMILES string of the molecule is CC[C@@H](c1ccc(F)cc1)N(C)C(=O)c1cccc(CN2CCCC2=O)c1. The van der Waals surface area contributed by atoms with E-state index in [0.717, 1.165) is 30.5 Å². The first-order chi connectivity index (χ1) is 13.0. The summed E-state index contributed by atoms with van der Waals surface area (Å²) in [6, 6.07) is 13.6. The van der Waals surface area contributed by atoms with Crippen LogP contribution in [-0.4, -0.2) is 35.2 Å². The number of amides is 2. The van der Waals surface area contributed by atoms with Crippen LogP contribution in [-0.2, 0) is 11.3 Å². The maximum Gasteiger partial charge on any atom is 0.254 e. The van der Waals surface area contributed by atoms with Gasteiger partial charge in [0.2, 0.25) is 5.91 Å². The first-order valence-electron chi connectivity index (χ1n) is 9.39. The Morgan fingerprint density at radius 2 is 1.96 bits per heavy atom. The molecular formula is C22H25FN2O2. The highest BCUT2D eigenvalue weighted by Gasteiger charge is 2.23. The van der Waals surface area contributed by atoms with Gasteiger partial charge in [0, 0.05) is 32.1 Å². The van der Waals surface area contributed by atoms with Gasteiger partial charge in [-0.1, -0.05) is 31.2 Å². The molecule has 1 aliphatic heterocycles. The molecule has 0 unspecified atom stereocenters. The van der Waals surface area contributed by atoms with Crippen molar-refractivity contribution >= 4 is 11.8 Å². The van der Waals surface area contributed by atoms with Crippen molar-refractivity contribution in [2.24, 2.45) is 0 Å². The van der Waals surface area contributed by atoms with Crippen molar-refractivity contribution in [2.75, 3.05) is 13.6 Å². The summed E-state index contributed by atoms with van der Waals surface area (Å²) in [7, 11) is 1.77. The van der Waals surface area contributed by atoms with Crippen molar-refractivity contribution in [3.63, 3.8) is 0 Å². The Labute approximate surface area is 159 Å². The predicted molar refractivity (Wildman–Crippen MR) is 103 cm³/mol. The van der Waals surface area contributed by atoms with Crippen molar-refractivity contribution in [1.29, 1.82) is 0 Å². The molecular weight excluding hydrogens is 343 g/mol. The van der Waals surface area contributed by atoms with Crippen LogP contribution in [0.5, 0.6) is 0 Å². The maximum atomic E-state index is 13.2. The van der Waals surface area contributed by atoms with Crippen molar-refractivity contribution in [1.82, 2.24) is 9.80 Å². The quantitative estimate of drug-likeness (QED) is 0.768. The molecule has 0 aliphatic carbocycles. The average Bonchev–Trinajstić information content (AvgIpc) is 3.08. The number of halogens is 1. The smallest absolute Gasteiger partial charge is 0.254 e. The van der Waals surface area contributed by atoms with E-state index in [0.29, 0.717) is 18.5 Å². The zero-order valence-electron chi connectivity index (χ0n) is 15.8. The second-order valence-corrected chi connectivity index (χ2v) is 7.01. The average molecular weight is 368 g/mol. The van der Waals surface area contributed by atoms with Gasteiger partial charge in [0.25, 0.3) is 5.91 Å².